The molecule has 1 unspecified atom stereocenters. The highest BCUT2D eigenvalue weighted by atomic mass is 32.2. The van der Waals surface area contributed by atoms with Crippen molar-refractivity contribution in [3.8, 4) is 0 Å². The lowest BCUT2D eigenvalue weighted by Gasteiger charge is -2.30. The summed E-state index contributed by atoms with van der Waals surface area (Å²) in [6.07, 6.45) is -3.96. The van der Waals surface area contributed by atoms with E-state index in [0.717, 1.165) is 6.26 Å². The molecule has 0 aliphatic heterocycles. The van der Waals surface area contributed by atoms with Crippen molar-refractivity contribution in [3.05, 3.63) is 0 Å². The second kappa shape index (κ2) is 7.25. The predicted octanol–water partition coefficient (Wildman–Crippen LogP) is 0.942. The number of halogens is 3. The van der Waals surface area contributed by atoms with Gasteiger partial charge in [0.25, 0.3) is 0 Å². The summed E-state index contributed by atoms with van der Waals surface area (Å²) in [5.41, 5.74) is -1.15. The molecule has 0 spiro atoms. The lowest BCUT2D eigenvalue weighted by molar-refractivity contribution is -0.180. The number of hydrogen-bond donors (Lipinski definition) is 0. The van der Waals surface area contributed by atoms with E-state index in [0.29, 0.717) is 0 Å². The largest absolute Gasteiger partial charge is 0.748 e. The Morgan fingerprint density at radius 3 is 1.86 bits per heavy atom. The lowest BCUT2D eigenvalue weighted by atomic mass is 9.85. The van der Waals surface area contributed by atoms with Crippen molar-refractivity contribution >= 4 is 20.0 Å². The molecule has 0 fully saturated rings. The Bertz CT molecular complexity index is 487. The molecule has 128 valence electrons. The molecule has 0 radical (unpaired) electrons. The number of alkyl halides is 3. The molecule has 0 heterocycles. The van der Waals surface area contributed by atoms with Crippen LogP contribution in [0, 0.1) is 5.41 Å². The van der Waals surface area contributed by atoms with E-state index < -0.39 is 50.5 Å². The average molecular weight is 355 g/mol. The molecular weight excluding hydrogens is 337 g/mol. The van der Waals surface area contributed by atoms with Gasteiger partial charge in [0.05, 0.1) is 22.5 Å². The first-order chi connectivity index (χ1) is 9.12. The van der Waals surface area contributed by atoms with E-state index in [1.807, 2.05) is 0 Å². The Hall–Kier alpha value is -0.390. The zero-order valence-electron chi connectivity index (χ0n) is 11.6. The molecule has 0 saturated heterocycles. The molecule has 0 N–H and O–H groups in total. The van der Waals surface area contributed by atoms with Crippen molar-refractivity contribution in [2.24, 2.45) is 5.41 Å². The maximum absolute atomic E-state index is 12.0. The fourth-order valence-corrected chi connectivity index (χ4v) is 3.09. The Labute approximate surface area is 122 Å². The van der Waals surface area contributed by atoms with Gasteiger partial charge < -0.3 is 9.29 Å². The van der Waals surface area contributed by atoms with E-state index in [1.54, 1.807) is 0 Å². The SMILES string of the molecule is CC(CCS(C)(=O)=O)(CCS(=O)(=O)[O-])COCC(F)(F)F. The van der Waals surface area contributed by atoms with Gasteiger partial charge in [-0.25, -0.2) is 16.8 Å². The van der Waals surface area contributed by atoms with Crippen molar-refractivity contribution in [1.82, 2.24) is 0 Å². The van der Waals surface area contributed by atoms with E-state index in [4.69, 9.17) is 0 Å². The van der Waals surface area contributed by atoms with Crippen LogP contribution in [0.25, 0.3) is 0 Å². The second-order valence-corrected chi connectivity index (χ2v) is 9.09. The minimum absolute atomic E-state index is 0.0980. The Kier molecular flexibility index (Phi) is 7.11. The second-order valence-electron chi connectivity index (χ2n) is 5.31. The average Bonchev–Trinajstić information content (AvgIpc) is 2.20. The molecule has 0 aliphatic carbocycles. The maximum atomic E-state index is 12.0. The van der Waals surface area contributed by atoms with Gasteiger partial charge in [0, 0.05) is 12.0 Å². The van der Waals surface area contributed by atoms with Gasteiger partial charge in [-0.05, 0) is 18.3 Å². The van der Waals surface area contributed by atoms with E-state index in [2.05, 4.69) is 4.74 Å². The van der Waals surface area contributed by atoms with E-state index in [-0.39, 0.29) is 18.6 Å². The fraction of sp³-hybridized carbons (Fsp3) is 1.00. The lowest BCUT2D eigenvalue weighted by Crippen LogP contribution is -2.31. The minimum Gasteiger partial charge on any atom is -0.748 e. The number of hydrogen-bond acceptors (Lipinski definition) is 6. The van der Waals surface area contributed by atoms with Gasteiger partial charge in [-0.2, -0.15) is 13.2 Å². The molecule has 0 aromatic carbocycles. The van der Waals surface area contributed by atoms with Crippen molar-refractivity contribution in [2.45, 2.75) is 25.9 Å². The topological polar surface area (TPSA) is 101 Å². The smallest absolute Gasteiger partial charge is 0.411 e. The summed E-state index contributed by atoms with van der Waals surface area (Å²) in [5.74, 6) is -1.12. The maximum Gasteiger partial charge on any atom is 0.411 e. The van der Waals surface area contributed by atoms with E-state index >= 15 is 0 Å². The third-order valence-corrected chi connectivity index (χ3v) is 4.40. The first-order valence-corrected chi connectivity index (χ1v) is 9.52. The zero-order chi connectivity index (χ0) is 16.9. The van der Waals surface area contributed by atoms with E-state index in [9.17, 15) is 34.6 Å². The molecule has 0 rings (SSSR count). The molecule has 0 aliphatic rings. The molecular formula is C10H18F3O6S2-. The van der Waals surface area contributed by atoms with Crippen LogP contribution in [-0.2, 0) is 24.7 Å². The summed E-state index contributed by atoms with van der Waals surface area (Å²) in [5, 5.41) is 0. The monoisotopic (exact) mass is 355 g/mol. The summed E-state index contributed by atoms with van der Waals surface area (Å²) < 4.78 is 94.6. The van der Waals surface area contributed by atoms with Crippen molar-refractivity contribution in [2.75, 3.05) is 31.0 Å². The first kappa shape index (κ1) is 20.6. The van der Waals surface area contributed by atoms with Crippen molar-refractivity contribution in [3.63, 3.8) is 0 Å². The quantitative estimate of drug-likeness (QED) is 0.571. The number of ether oxygens (including phenoxy) is 1. The van der Waals surface area contributed by atoms with Crippen LogP contribution >= 0.6 is 0 Å². The van der Waals surface area contributed by atoms with Crippen LogP contribution in [0.15, 0.2) is 0 Å². The van der Waals surface area contributed by atoms with Crippen LogP contribution < -0.4 is 0 Å². The van der Waals surface area contributed by atoms with Gasteiger partial charge in [0.15, 0.2) is 0 Å². The molecule has 0 aromatic rings. The summed E-state index contributed by atoms with van der Waals surface area (Å²) in [4.78, 5) is 0. The third-order valence-electron chi connectivity index (χ3n) is 2.75. The highest BCUT2D eigenvalue weighted by Crippen LogP contribution is 2.29. The summed E-state index contributed by atoms with van der Waals surface area (Å²) in [6.45, 7) is -0.622. The Balaban J connectivity index is 4.73. The molecule has 0 bridgehead atoms. The first-order valence-electron chi connectivity index (χ1n) is 5.88. The molecule has 1 atom stereocenters. The van der Waals surface area contributed by atoms with Gasteiger partial charge in [-0.3, -0.25) is 0 Å². The van der Waals surface area contributed by atoms with Gasteiger partial charge in [0.1, 0.15) is 16.4 Å². The Morgan fingerprint density at radius 1 is 1.00 bits per heavy atom. The number of rotatable bonds is 9. The van der Waals surface area contributed by atoms with Gasteiger partial charge in [-0.1, -0.05) is 6.92 Å². The zero-order valence-corrected chi connectivity index (χ0v) is 13.3. The molecule has 0 amide bonds. The predicted molar refractivity (Wildman–Crippen MR) is 68.5 cm³/mol. The molecule has 0 saturated carbocycles. The fourth-order valence-electron chi connectivity index (χ4n) is 1.49. The standard InChI is InChI=1S/C10H19F3O6S2/c1-9(3-5-20(2,14)15,4-6-21(16,17)18)7-19-8-10(11,12)13/h3-8H2,1-2H3,(H,16,17,18)/p-1. The summed E-state index contributed by atoms with van der Waals surface area (Å²) >= 11 is 0. The number of sulfone groups is 1. The van der Waals surface area contributed by atoms with Crippen LogP contribution in [-0.4, -0.2) is 58.5 Å². The van der Waals surface area contributed by atoms with Gasteiger partial charge in [-0.15, -0.1) is 0 Å². The molecule has 11 heteroatoms. The van der Waals surface area contributed by atoms with Crippen LogP contribution in [0.3, 0.4) is 0 Å². The van der Waals surface area contributed by atoms with Crippen LogP contribution in [0.1, 0.15) is 19.8 Å². The van der Waals surface area contributed by atoms with Gasteiger partial charge >= 0.3 is 6.18 Å². The van der Waals surface area contributed by atoms with Crippen LogP contribution in [0.5, 0.6) is 0 Å². The third kappa shape index (κ3) is 13.0. The molecule has 6 nitrogen and oxygen atoms in total. The van der Waals surface area contributed by atoms with Crippen LogP contribution in [0.2, 0.25) is 0 Å². The molecule has 0 aromatic heterocycles. The van der Waals surface area contributed by atoms with Crippen LogP contribution in [0.4, 0.5) is 13.2 Å². The summed E-state index contributed by atoms with van der Waals surface area (Å²) in [7, 11) is -7.91. The van der Waals surface area contributed by atoms with Gasteiger partial charge in [0.2, 0.25) is 0 Å². The summed E-state index contributed by atoms with van der Waals surface area (Å²) in [6, 6.07) is 0. The minimum atomic E-state index is -4.54. The van der Waals surface area contributed by atoms with E-state index in [1.165, 1.54) is 6.92 Å². The highest BCUT2D eigenvalue weighted by Gasteiger charge is 2.31. The highest BCUT2D eigenvalue weighted by molar-refractivity contribution is 7.90. The van der Waals surface area contributed by atoms with Crippen molar-refractivity contribution in [1.29, 1.82) is 0 Å². The molecule has 21 heavy (non-hydrogen) atoms. The Morgan fingerprint density at radius 2 is 1.48 bits per heavy atom. The van der Waals surface area contributed by atoms with Crippen molar-refractivity contribution < 1.29 is 39.3 Å². The normalized spacial score (nSPS) is 16.7.